The van der Waals surface area contributed by atoms with Gasteiger partial charge in [-0.1, -0.05) is 17.3 Å². The third-order valence-electron chi connectivity index (χ3n) is 3.78. The van der Waals surface area contributed by atoms with Crippen LogP contribution in [0, 0.1) is 6.92 Å². The third kappa shape index (κ3) is 3.61. The average molecular weight is 356 g/mol. The maximum Gasteiger partial charge on any atom is 0.261 e. The lowest BCUT2D eigenvalue weighted by molar-refractivity contribution is -0.124. The largest absolute Gasteiger partial charge is 0.360 e. The molecule has 3 rings (SSSR count). The zero-order chi connectivity index (χ0) is 18.7. The van der Waals surface area contributed by atoms with Crippen LogP contribution in [-0.4, -0.2) is 46.8 Å². The standard InChI is InChI=1S/C17H16N4O5/c1-10-8-13(20-26-10)19-15(23)9-18-14(22)6-7-21-16(24)11-4-2-3-5-12(11)17(21)25/h2-5,8H,6-7,9H2,1H3,(H,18,22)(H,19,20,23). The summed E-state index contributed by atoms with van der Waals surface area (Å²) in [6.45, 7) is 1.37. The van der Waals surface area contributed by atoms with Crippen molar-refractivity contribution in [1.82, 2.24) is 15.4 Å². The van der Waals surface area contributed by atoms with E-state index in [0.29, 0.717) is 16.9 Å². The van der Waals surface area contributed by atoms with Gasteiger partial charge >= 0.3 is 0 Å². The highest BCUT2D eigenvalue weighted by Crippen LogP contribution is 2.22. The third-order valence-corrected chi connectivity index (χ3v) is 3.78. The summed E-state index contributed by atoms with van der Waals surface area (Å²) in [7, 11) is 0. The van der Waals surface area contributed by atoms with Crippen molar-refractivity contribution in [2.75, 3.05) is 18.4 Å². The van der Waals surface area contributed by atoms with Gasteiger partial charge in [0.15, 0.2) is 5.82 Å². The zero-order valence-electron chi connectivity index (χ0n) is 13.9. The van der Waals surface area contributed by atoms with Gasteiger partial charge in [-0.05, 0) is 19.1 Å². The SMILES string of the molecule is Cc1cc(NC(=O)CNC(=O)CCN2C(=O)c3ccccc3C2=O)no1. The van der Waals surface area contributed by atoms with Gasteiger partial charge in [0, 0.05) is 19.0 Å². The van der Waals surface area contributed by atoms with Crippen molar-refractivity contribution in [2.24, 2.45) is 0 Å². The van der Waals surface area contributed by atoms with E-state index in [2.05, 4.69) is 15.8 Å². The first kappa shape index (κ1) is 17.3. The molecule has 1 aromatic carbocycles. The fraction of sp³-hybridized carbons (Fsp3) is 0.235. The molecule has 0 bridgehead atoms. The molecule has 1 aliphatic rings. The summed E-state index contributed by atoms with van der Waals surface area (Å²) < 4.78 is 4.81. The highest BCUT2D eigenvalue weighted by atomic mass is 16.5. The number of hydrogen-bond donors (Lipinski definition) is 2. The Labute approximate surface area is 148 Å². The molecular weight excluding hydrogens is 340 g/mol. The summed E-state index contributed by atoms with van der Waals surface area (Å²) in [6, 6.07) is 8.05. The number of anilines is 1. The molecule has 0 spiro atoms. The lowest BCUT2D eigenvalue weighted by atomic mass is 10.1. The second kappa shape index (κ2) is 7.18. The molecule has 0 unspecified atom stereocenters. The van der Waals surface area contributed by atoms with Crippen LogP contribution < -0.4 is 10.6 Å². The Hall–Kier alpha value is -3.49. The van der Waals surface area contributed by atoms with Crippen molar-refractivity contribution in [3.05, 3.63) is 47.2 Å². The number of carbonyl (C=O) groups excluding carboxylic acids is 4. The first-order chi connectivity index (χ1) is 12.5. The molecule has 0 atom stereocenters. The van der Waals surface area contributed by atoms with Crippen LogP contribution in [0.1, 0.15) is 32.9 Å². The van der Waals surface area contributed by atoms with Crippen LogP contribution in [-0.2, 0) is 9.59 Å². The van der Waals surface area contributed by atoms with E-state index in [1.54, 1.807) is 37.3 Å². The van der Waals surface area contributed by atoms with Crippen molar-refractivity contribution in [3.63, 3.8) is 0 Å². The number of imide groups is 1. The number of nitrogens with zero attached hydrogens (tertiary/aromatic N) is 2. The first-order valence-corrected chi connectivity index (χ1v) is 7.91. The van der Waals surface area contributed by atoms with E-state index in [1.165, 1.54) is 0 Å². The van der Waals surface area contributed by atoms with Crippen molar-refractivity contribution in [2.45, 2.75) is 13.3 Å². The number of fused-ring (bicyclic) bond motifs is 1. The van der Waals surface area contributed by atoms with E-state index in [1.807, 2.05) is 0 Å². The minimum atomic E-state index is -0.465. The molecule has 0 radical (unpaired) electrons. The van der Waals surface area contributed by atoms with Crippen molar-refractivity contribution in [3.8, 4) is 0 Å². The molecule has 2 aromatic rings. The molecule has 9 heteroatoms. The summed E-state index contributed by atoms with van der Waals surface area (Å²) in [5, 5.41) is 8.50. The quantitative estimate of drug-likeness (QED) is 0.736. The van der Waals surface area contributed by atoms with Crippen LogP contribution in [0.5, 0.6) is 0 Å². The molecule has 4 amide bonds. The molecule has 26 heavy (non-hydrogen) atoms. The van der Waals surface area contributed by atoms with Crippen LogP contribution in [0.15, 0.2) is 34.9 Å². The molecule has 0 aliphatic carbocycles. The smallest absolute Gasteiger partial charge is 0.261 e. The van der Waals surface area contributed by atoms with E-state index in [4.69, 9.17) is 4.52 Å². The van der Waals surface area contributed by atoms with Gasteiger partial charge in [-0.2, -0.15) is 0 Å². The van der Waals surface area contributed by atoms with Crippen LogP contribution in [0.2, 0.25) is 0 Å². The van der Waals surface area contributed by atoms with Gasteiger partial charge in [-0.15, -0.1) is 0 Å². The minimum Gasteiger partial charge on any atom is -0.360 e. The number of benzene rings is 1. The topological polar surface area (TPSA) is 122 Å². The highest BCUT2D eigenvalue weighted by Gasteiger charge is 2.34. The van der Waals surface area contributed by atoms with Crippen LogP contribution in [0.4, 0.5) is 5.82 Å². The molecule has 0 saturated heterocycles. The summed E-state index contributed by atoms with van der Waals surface area (Å²) in [5.41, 5.74) is 0.667. The van der Waals surface area contributed by atoms with Crippen LogP contribution >= 0.6 is 0 Å². The molecule has 2 N–H and O–H groups in total. The monoisotopic (exact) mass is 356 g/mol. The van der Waals surface area contributed by atoms with Gasteiger partial charge < -0.3 is 15.2 Å². The van der Waals surface area contributed by atoms with Crippen molar-refractivity contribution < 1.29 is 23.7 Å². The summed E-state index contributed by atoms with van der Waals surface area (Å²) in [4.78, 5) is 49.0. The van der Waals surface area contributed by atoms with E-state index >= 15 is 0 Å². The number of carbonyl (C=O) groups is 4. The van der Waals surface area contributed by atoms with Gasteiger partial charge in [0.1, 0.15) is 5.76 Å². The maximum absolute atomic E-state index is 12.2. The Morgan fingerprint density at radius 2 is 1.77 bits per heavy atom. The molecule has 2 heterocycles. The Morgan fingerprint density at radius 1 is 1.12 bits per heavy atom. The van der Waals surface area contributed by atoms with E-state index < -0.39 is 23.6 Å². The van der Waals surface area contributed by atoms with Gasteiger partial charge in [0.2, 0.25) is 11.8 Å². The maximum atomic E-state index is 12.2. The number of rotatable bonds is 6. The van der Waals surface area contributed by atoms with E-state index in [0.717, 1.165) is 4.90 Å². The predicted octanol–water partition coefficient (Wildman–Crippen LogP) is 0.724. The first-order valence-electron chi connectivity index (χ1n) is 7.91. The van der Waals surface area contributed by atoms with E-state index in [-0.39, 0.29) is 25.3 Å². The van der Waals surface area contributed by atoms with Crippen LogP contribution in [0.3, 0.4) is 0 Å². The average Bonchev–Trinajstić information content (AvgIpc) is 3.13. The number of hydrogen-bond acceptors (Lipinski definition) is 6. The molecule has 134 valence electrons. The summed E-state index contributed by atoms with van der Waals surface area (Å²) in [6.07, 6.45) is -0.0954. The van der Waals surface area contributed by atoms with E-state index in [9.17, 15) is 19.2 Å². The number of aryl methyl sites for hydroxylation is 1. The Balaban J connectivity index is 1.45. The lowest BCUT2D eigenvalue weighted by Gasteiger charge is -2.13. The zero-order valence-corrected chi connectivity index (χ0v) is 13.9. The number of nitrogens with one attached hydrogen (secondary N) is 2. The van der Waals surface area contributed by atoms with Crippen LogP contribution in [0.25, 0.3) is 0 Å². The van der Waals surface area contributed by atoms with Gasteiger partial charge in [-0.25, -0.2) is 0 Å². The molecular formula is C17H16N4O5. The Bertz CT molecular complexity index is 854. The van der Waals surface area contributed by atoms with Gasteiger partial charge in [0.25, 0.3) is 11.8 Å². The second-order valence-electron chi connectivity index (χ2n) is 5.71. The van der Waals surface area contributed by atoms with Gasteiger partial charge in [-0.3, -0.25) is 24.1 Å². The molecule has 0 saturated carbocycles. The Morgan fingerprint density at radius 3 is 2.35 bits per heavy atom. The fourth-order valence-corrected chi connectivity index (χ4v) is 2.54. The summed E-state index contributed by atoms with van der Waals surface area (Å²) >= 11 is 0. The predicted molar refractivity (Wildman–Crippen MR) is 89.3 cm³/mol. The number of amides is 4. The summed E-state index contributed by atoms with van der Waals surface area (Å²) in [5.74, 6) is -0.950. The second-order valence-corrected chi connectivity index (χ2v) is 5.71. The molecule has 9 nitrogen and oxygen atoms in total. The number of aromatic nitrogens is 1. The minimum absolute atomic E-state index is 0.0533. The fourth-order valence-electron chi connectivity index (χ4n) is 2.54. The highest BCUT2D eigenvalue weighted by molar-refractivity contribution is 6.21. The lowest BCUT2D eigenvalue weighted by Crippen LogP contribution is -2.37. The Kier molecular flexibility index (Phi) is 4.78. The molecule has 1 aromatic heterocycles. The molecule has 0 fully saturated rings. The van der Waals surface area contributed by atoms with Crippen molar-refractivity contribution in [1.29, 1.82) is 0 Å². The molecule has 1 aliphatic heterocycles. The van der Waals surface area contributed by atoms with Crippen molar-refractivity contribution >= 4 is 29.4 Å². The van der Waals surface area contributed by atoms with Gasteiger partial charge in [0.05, 0.1) is 17.7 Å². The normalized spacial score (nSPS) is 12.9.